The van der Waals surface area contributed by atoms with Crippen molar-refractivity contribution in [3.8, 4) is 5.75 Å². The fraction of sp³-hybridized carbons (Fsp3) is 0.455. The van der Waals surface area contributed by atoms with Crippen molar-refractivity contribution in [1.29, 1.82) is 0 Å². The Morgan fingerprint density at radius 1 is 1.26 bits per heavy atom. The highest BCUT2D eigenvalue weighted by atomic mass is 35.5. The van der Waals surface area contributed by atoms with Crippen LogP contribution in [-0.4, -0.2) is 34.9 Å². The van der Waals surface area contributed by atoms with Crippen molar-refractivity contribution in [3.05, 3.63) is 27.7 Å². The van der Waals surface area contributed by atoms with Crippen LogP contribution in [0.25, 0.3) is 0 Å². The molecule has 0 aromatic heterocycles. The summed E-state index contributed by atoms with van der Waals surface area (Å²) in [6.07, 6.45) is 1.12. The van der Waals surface area contributed by atoms with Crippen molar-refractivity contribution in [2.24, 2.45) is 0 Å². The van der Waals surface area contributed by atoms with Gasteiger partial charge in [-0.25, -0.2) is 13.1 Å². The number of rotatable bonds is 7. The standard InChI is InChI=1S/C11H16Cl2N2O3S/c1-18-11-8(5-9(12)6-10(11)13)7-14-3-4-15-19(2,16)17/h5-6,14-15H,3-4,7H2,1-2H3. The monoisotopic (exact) mass is 326 g/mol. The van der Waals surface area contributed by atoms with E-state index in [1.165, 1.54) is 7.11 Å². The lowest BCUT2D eigenvalue weighted by Crippen LogP contribution is -2.30. The zero-order chi connectivity index (χ0) is 14.5. The molecule has 5 nitrogen and oxygen atoms in total. The van der Waals surface area contributed by atoms with Crippen LogP contribution in [0.1, 0.15) is 5.56 Å². The SMILES string of the molecule is COc1c(Cl)cc(Cl)cc1CNCCNS(C)(=O)=O. The topological polar surface area (TPSA) is 67.4 Å². The van der Waals surface area contributed by atoms with E-state index in [9.17, 15) is 8.42 Å². The normalized spacial score (nSPS) is 11.6. The first-order chi connectivity index (χ1) is 8.83. The molecule has 0 aliphatic carbocycles. The van der Waals surface area contributed by atoms with E-state index >= 15 is 0 Å². The fourth-order valence-corrected chi connectivity index (χ4v) is 2.61. The Balaban J connectivity index is 2.54. The summed E-state index contributed by atoms with van der Waals surface area (Å²) in [6.45, 7) is 1.28. The Hall–Kier alpha value is -0.530. The number of hydrogen-bond acceptors (Lipinski definition) is 4. The molecule has 108 valence electrons. The number of methoxy groups -OCH3 is 1. The van der Waals surface area contributed by atoms with Crippen LogP contribution in [0, 0.1) is 0 Å². The molecule has 19 heavy (non-hydrogen) atoms. The van der Waals surface area contributed by atoms with Gasteiger partial charge in [0.25, 0.3) is 0 Å². The second kappa shape index (κ2) is 7.31. The molecule has 0 amide bonds. The van der Waals surface area contributed by atoms with Gasteiger partial charge in [-0.05, 0) is 12.1 Å². The molecule has 1 rings (SSSR count). The summed E-state index contributed by atoms with van der Waals surface area (Å²) in [5.41, 5.74) is 0.819. The molecule has 0 atom stereocenters. The number of benzene rings is 1. The van der Waals surface area contributed by atoms with E-state index in [-0.39, 0.29) is 0 Å². The van der Waals surface area contributed by atoms with E-state index in [2.05, 4.69) is 10.0 Å². The maximum Gasteiger partial charge on any atom is 0.208 e. The van der Waals surface area contributed by atoms with Crippen LogP contribution in [0.5, 0.6) is 5.75 Å². The average Bonchev–Trinajstić information content (AvgIpc) is 2.26. The molecule has 0 aliphatic heterocycles. The van der Waals surface area contributed by atoms with E-state index in [4.69, 9.17) is 27.9 Å². The van der Waals surface area contributed by atoms with Crippen molar-refractivity contribution in [2.75, 3.05) is 26.5 Å². The van der Waals surface area contributed by atoms with Gasteiger partial charge in [-0.2, -0.15) is 0 Å². The number of ether oxygens (including phenoxy) is 1. The van der Waals surface area contributed by atoms with Gasteiger partial charge in [0.15, 0.2) is 0 Å². The second-order valence-electron chi connectivity index (χ2n) is 3.92. The lowest BCUT2D eigenvalue weighted by Gasteiger charge is -2.12. The Morgan fingerprint density at radius 2 is 1.95 bits per heavy atom. The first kappa shape index (κ1) is 16.5. The van der Waals surface area contributed by atoms with E-state index in [1.54, 1.807) is 12.1 Å². The molecule has 0 saturated heterocycles. The molecule has 8 heteroatoms. The summed E-state index contributed by atoms with van der Waals surface area (Å²) in [5.74, 6) is 0.564. The van der Waals surface area contributed by atoms with Crippen molar-refractivity contribution in [1.82, 2.24) is 10.0 Å². The van der Waals surface area contributed by atoms with Crippen molar-refractivity contribution in [2.45, 2.75) is 6.54 Å². The van der Waals surface area contributed by atoms with Gasteiger partial charge in [0.05, 0.1) is 18.4 Å². The van der Waals surface area contributed by atoms with Gasteiger partial charge in [-0.15, -0.1) is 0 Å². The molecule has 1 aromatic rings. The molecule has 0 fully saturated rings. The van der Waals surface area contributed by atoms with Gasteiger partial charge >= 0.3 is 0 Å². The molecular weight excluding hydrogens is 311 g/mol. The van der Waals surface area contributed by atoms with Gasteiger partial charge in [0.1, 0.15) is 5.75 Å². The molecule has 0 spiro atoms. The number of nitrogens with one attached hydrogen (secondary N) is 2. The van der Waals surface area contributed by atoms with Crippen LogP contribution in [0.3, 0.4) is 0 Å². The predicted octanol–water partition coefficient (Wildman–Crippen LogP) is 1.64. The third-order valence-electron chi connectivity index (χ3n) is 2.27. The quantitative estimate of drug-likeness (QED) is 0.747. The van der Waals surface area contributed by atoms with Gasteiger partial charge in [-0.3, -0.25) is 0 Å². The highest BCUT2D eigenvalue weighted by Crippen LogP contribution is 2.31. The number of hydrogen-bond donors (Lipinski definition) is 2. The molecule has 0 aliphatic rings. The summed E-state index contributed by atoms with van der Waals surface area (Å²) in [7, 11) is -1.62. The molecule has 0 saturated carbocycles. The van der Waals surface area contributed by atoms with Crippen LogP contribution in [0.15, 0.2) is 12.1 Å². The zero-order valence-electron chi connectivity index (χ0n) is 10.7. The Bertz CT molecular complexity index is 535. The smallest absolute Gasteiger partial charge is 0.208 e. The minimum absolute atomic E-state index is 0.315. The summed E-state index contributed by atoms with van der Waals surface area (Å²) >= 11 is 11.9. The average molecular weight is 327 g/mol. The van der Waals surface area contributed by atoms with Gasteiger partial charge < -0.3 is 10.1 Å². The molecule has 1 aromatic carbocycles. The number of halogens is 2. The molecule has 0 unspecified atom stereocenters. The van der Waals surface area contributed by atoms with Crippen LogP contribution < -0.4 is 14.8 Å². The molecular formula is C11H16Cl2N2O3S. The van der Waals surface area contributed by atoms with Crippen molar-refractivity contribution >= 4 is 33.2 Å². The zero-order valence-corrected chi connectivity index (χ0v) is 13.0. The lowest BCUT2D eigenvalue weighted by molar-refractivity contribution is 0.408. The van der Waals surface area contributed by atoms with E-state index in [0.29, 0.717) is 35.4 Å². The van der Waals surface area contributed by atoms with Crippen LogP contribution >= 0.6 is 23.2 Å². The van der Waals surface area contributed by atoms with Crippen molar-refractivity contribution in [3.63, 3.8) is 0 Å². The molecule has 0 heterocycles. The summed E-state index contributed by atoms with van der Waals surface area (Å²) in [4.78, 5) is 0. The first-order valence-corrected chi connectivity index (χ1v) is 8.15. The highest BCUT2D eigenvalue weighted by molar-refractivity contribution is 7.88. The summed E-state index contributed by atoms with van der Waals surface area (Å²) in [6, 6.07) is 3.36. The Morgan fingerprint density at radius 3 is 2.53 bits per heavy atom. The molecule has 0 radical (unpaired) electrons. The van der Waals surface area contributed by atoms with Gasteiger partial charge in [0, 0.05) is 30.2 Å². The van der Waals surface area contributed by atoms with E-state index in [1.807, 2.05) is 0 Å². The van der Waals surface area contributed by atoms with E-state index < -0.39 is 10.0 Å². The van der Waals surface area contributed by atoms with Crippen LogP contribution in [0.4, 0.5) is 0 Å². The molecule has 0 bridgehead atoms. The first-order valence-electron chi connectivity index (χ1n) is 5.50. The fourth-order valence-electron chi connectivity index (χ4n) is 1.52. The Kier molecular flexibility index (Phi) is 6.35. The van der Waals surface area contributed by atoms with Crippen LogP contribution in [-0.2, 0) is 16.6 Å². The summed E-state index contributed by atoms with van der Waals surface area (Å²) < 4.78 is 29.3. The maximum atomic E-state index is 10.9. The number of sulfonamides is 1. The van der Waals surface area contributed by atoms with Crippen molar-refractivity contribution < 1.29 is 13.2 Å². The van der Waals surface area contributed by atoms with Crippen LogP contribution in [0.2, 0.25) is 10.0 Å². The van der Waals surface area contributed by atoms with Gasteiger partial charge in [0.2, 0.25) is 10.0 Å². The minimum atomic E-state index is -3.15. The third-order valence-corrected chi connectivity index (χ3v) is 3.50. The molecule has 2 N–H and O–H groups in total. The van der Waals surface area contributed by atoms with Gasteiger partial charge in [-0.1, -0.05) is 23.2 Å². The second-order valence-corrected chi connectivity index (χ2v) is 6.60. The maximum absolute atomic E-state index is 10.9. The predicted molar refractivity (Wildman–Crippen MR) is 77.6 cm³/mol. The Labute approximate surface area is 123 Å². The minimum Gasteiger partial charge on any atom is -0.495 e. The highest BCUT2D eigenvalue weighted by Gasteiger charge is 2.09. The van der Waals surface area contributed by atoms with E-state index in [0.717, 1.165) is 11.8 Å². The third kappa shape index (κ3) is 5.97. The largest absolute Gasteiger partial charge is 0.495 e. The lowest BCUT2D eigenvalue weighted by atomic mass is 10.2. The summed E-state index contributed by atoms with van der Waals surface area (Å²) in [5, 5.41) is 4.05.